The van der Waals surface area contributed by atoms with Crippen molar-refractivity contribution in [1.82, 2.24) is 0 Å². The van der Waals surface area contributed by atoms with E-state index in [-0.39, 0.29) is 0 Å². The van der Waals surface area contributed by atoms with E-state index >= 15 is 0 Å². The Morgan fingerprint density at radius 3 is 2.40 bits per heavy atom. The first kappa shape index (κ1) is 12.1. The number of nitrogens with zero attached hydrogens (tertiary/aromatic N) is 1. The van der Waals surface area contributed by atoms with Crippen LogP contribution in [0.4, 0.5) is 5.69 Å². The molecule has 0 aromatic heterocycles. The molecule has 0 saturated heterocycles. The maximum Gasteiger partial charge on any atom is 0.0366 e. The summed E-state index contributed by atoms with van der Waals surface area (Å²) >= 11 is 0. The van der Waals surface area contributed by atoms with Crippen LogP contribution in [0.5, 0.6) is 0 Å². The van der Waals surface area contributed by atoms with E-state index in [1.165, 1.54) is 5.69 Å². The van der Waals surface area contributed by atoms with Gasteiger partial charge < -0.3 is 10.6 Å². The first-order chi connectivity index (χ1) is 7.24. The van der Waals surface area contributed by atoms with Gasteiger partial charge in [0.25, 0.3) is 0 Å². The highest BCUT2D eigenvalue weighted by Crippen LogP contribution is 2.15. The summed E-state index contributed by atoms with van der Waals surface area (Å²) in [7, 11) is 0. The van der Waals surface area contributed by atoms with Gasteiger partial charge in [-0.1, -0.05) is 32.0 Å². The van der Waals surface area contributed by atoms with Crippen molar-refractivity contribution >= 4 is 5.69 Å². The Morgan fingerprint density at radius 1 is 1.20 bits per heavy atom. The number of benzene rings is 1. The third-order valence-electron chi connectivity index (χ3n) is 2.34. The minimum Gasteiger partial charge on any atom is -0.371 e. The molecule has 2 N–H and O–H groups in total. The van der Waals surface area contributed by atoms with Crippen molar-refractivity contribution in [3.63, 3.8) is 0 Å². The van der Waals surface area contributed by atoms with Gasteiger partial charge >= 0.3 is 0 Å². The molecule has 0 unspecified atom stereocenters. The van der Waals surface area contributed by atoms with Crippen LogP contribution in [0.2, 0.25) is 0 Å². The second-order valence-corrected chi connectivity index (χ2v) is 4.32. The van der Waals surface area contributed by atoms with E-state index in [0.29, 0.717) is 5.92 Å². The summed E-state index contributed by atoms with van der Waals surface area (Å²) in [6.45, 7) is 7.42. The molecule has 0 spiro atoms. The largest absolute Gasteiger partial charge is 0.371 e. The molecule has 0 bridgehead atoms. The minimum absolute atomic E-state index is 0.683. The van der Waals surface area contributed by atoms with E-state index in [1.807, 2.05) is 0 Å². The molecule has 1 aromatic carbocycles. The van der Waals surface area contributed by atoms with Crippen LogP contribution < -0.4 is 10.6 Å². The molecule has 1 rings (SSSR count). The number of anilines is 1. The summed E-state index contributed by atoms with van der Waals surface area (Å²) in [5, 5.41) is 0. The lowest BCUT2D eigenvalue weighted by Crippen LogP contribution is -2.29. The van der Waals surface area contributed by atoms with Gasteiger partial charge in [-0.3, -0.25) is 0 Å². The van der Waals surface area contributed by atoms with E-state index in [9.17, 15) is 0 Å². The Kier molecular flexibility index (Phi) is 5.19. The maximum absolute atomic E-state index is 5.56. The highest BCUT2D eigenvalue weighted by molar-refractivity contribution is 5.45. The van der Waals surface area contributed by atoms with Gasteiger partial charge in [-0.15, -0.1) is 0 Å². The monoisotopic (exact) mass is 206 g/mol. The van der Waals surface area contributed by atoms with Gasteiger partial charge in [0.15, 0.2) is 0 Å². The Hall–Kier alpha value is -1.02. The zero-order chi connectivity index (χ0) is 11.1. The van der Waals surface area contributed by atoms with E-state index in [4.69, 9.17) is 5.73 Å². The molecule has 0 amide bonds. The van der Waals surface area contributed by atoms with Crippen molar-refractivity contribution in [2.75, 3.05) is 24.5 Å². The fraction of sp³-hybridized carbons (Fsp3) is 0.538. The van der Waals surface area contributed by atoms with Crippen molar-refractivity contribution in [2.24, 2.45) is 11.7 Å². The molecule has 0 aliphatic rings. The van der Waals surface area contributed by atoms with E-state index in [2.05, 4.69) is 49.1 Å². The summed E-state index contributed by atoms with van der Waals surface area (Å²) in [6.07, 6.45) is 1.06. The second-order valence-electron chi connectivity index (χ2n) is 4.32. The molecule has 1 aromatic rings. The predicted molar refractivity (Wildman–Crippen MR) is 67.2 cm³/mol. The molecule has 0 radical (unpaired) electrons. The van der Waals surface area contributed by atoms with Crippen molar-refractivity contribution in [2.45, 2.75) is 20.3 Å². The van der Waals surface area contributed by atoms with Crippen molar-refractivity contribution < 1.29 is 0 Å². The Balaban J connectivity index is 2.63. The van der Waals surface area contributed by atoms with Gasteiger partial charge in [-0.2, -0.15) is 0 Å². The van der Waals surface area contributed by atoms with E-state index in [1.54, 1.807) is 0 Å². The van der Waals surface area contributed by atoms with Gasteiger partial charge in [-0.25, -0.2) is 0 Å². The predicted octanol–water partition coefficient (Wildman–Crippen LogP) is 2.50. The molecule has 84 valence electrons. The van der Waals surface area contributed by atoms with Crippen LogP contribution in [0.25, 0.3) is 0 Å². The maximum atomic E-state index is 5.56. The quantitative estimate of drug-likeness (QED) is 0.775. The summed E-state index contributed by atoms with van der Waals surface area (Å²) in [5.41, 5.74) is 6.86. The molecule has 0 atom stereocenters. The van der Waals surface area contributed by atoms with Gasteiger partial charge in [0.05, 0.1) is 0 Å². The smallest absolute Gasteiger partial charge is 0.0366 e. The van der Waals surface area contributed by atoms with E-state index in [0.717, 1.165) is 26.1 Å². The van der Waals surface area contributed by atoms with Crippen LogP contribution in [0.3, 0.4) is 0 Å². The van der Waals surface area contributed by atoms with E-state index < -0.39 is 0 Å². The Morgan fingerprint density at radius 2 is 1.87 bits per heavy atom. The average molecular weight is 206 g/mol. The summed E-state index contributed by atoms with van der Waals surface area (Å²) in [4.78, 5) is 2.41. The molecule has 2 nitrogen and oxygen atoms in total. The lowest BCUT2D eigenvalue weighted by molar-refractivity contribution is 0.601. The molecule has 15 heavy (non-hydrogen) atoms. The molecular formula is C13H22N2. The van der Waals surface area contributed by atoms with Gasteiger partial charge in [0.2, 0.25) is 0 Å². The lowest BCUT2D eigenvalue weighted by atomic mass is 10.2. The minimum atomic E-state index is 0.683. The average Bonchev–Trinajstić information content (AvgIpc) is 2.25. The van der Waals surface area contributed by atoms with Gasteiger partial charge in [0.1, 0.15) is 0 Å². The number of para-hydroxylation sites is 1. The summed E-state index contributed by atoms with van der Waals surface area (Å²) < 4.78 is 0. The zero-order valence-electron chi connectivity index (χ0n) is 9.82. The summed E-state index contributed by atoms with van der Waals surface area (Å²) in [5.74, 6) is 0.683. The SMILES string of the molecule is CC(C)CN(CCCN)c1ccccc1. The Bertz CT molecular complexity index is 256. The topological polar surface area (TPSA) is 29.3 Å². The highest BCUT2D eigenvalue weighted by atomic mass is 15.1. The fourth-order valence-corrected chi connectivity index (χ4v) is 1.69. The first-order valence-corrected chi connectivity index (χ1v) is 5.74. The normalized spacial score (nSPS) is 10.7. The third-order valence-corrected chi connectivity index (χ3v) is 2.34. The second kappa shape index (κ2) is 6.46. The zero-order valence-corrected chi connectivity index (χ0v) is 9.82. The lowest BCUT2D eigenvalue weighted by Gasteiger charge is -2.26. The first-order valence-electron chi connectivity index (χ1n) is 5.74. The number of rotatable bonds is 6. The van der Waals surface area contributed by atoms with Crippen LogP contribution >= 0.6 is 0 Å². The standard InChI is InChI=1S/C13H22N2/c1-12(2)11-15(10-6-9-14)13-7-4-3-5-8-13/h3-5,7-8,12H,6,9-11,14H2,1-2H3. The summed E-state index contributed by atoms with van der Waals surface area (Å²) in [6, 6.07) is 10.6. The Labute approximate surface area is 93.1 Å². The van der Waals surface area contributed by atoms with Crippen LogP contribution in [0, 0.1) is 5.92 Å². The molecule has 0 saturated carbocycles. The highest BCUT2D eigenvalue weighted by Gasteiger charge is 2.06. The number of hydrogen-bond donors (Lipinski definition) is 1. The fourth-order valence-electron chi connectivity index (χ4n) is 1.69. The van der Waals surface area contributed by atoms with Crippen LogP contribution in [0.15, 0.2) is 30.3 Å². The third kappa shape index (κ3) is 4.34. The molecule has 0 aliphatic carbocycles. The molecule has 0 heterocycles. The van der Waals surface area contributed by atoms with Crippen LogP contribution in [-0.2, 0) is 0 Å². The van der Waals surface area contributed by atoms with Crippen molar-refractivity contribution in [1.29, 1.82) is 0 Å². The van der Waals surface area contributed by atoms with Gasteiger partial charge in [0, 0.05) is 18.8 Å². The number of hydrogen-bond acceptors (Lipinski definition) is 2. The molecule has 0 aliphatic heterocycles. The van der Waals surface area contributed by atoms with Crippen molar-refractivity contribution in [3.8, 4) is 0 Å². The number of nitrogens with two attached hydrogens (primary N) is 1. The molecule has 2 heteroatoms. The molecule has 0 fully saturated rings. The van der Waals surface area contributed by atoms with Crippen LogP contribution in [0.1, 0.15) is 20.3 Å². The van der Waals surface area contributed by atoms with Gasteiger partial charge in [-0.05, 0) is 31.0 Å². The van der Waals surface area contributed by atoms with Crippen LogP contribution in [-0.4, -0.2) is 19.6 Å². The van der Waals surface area contributed by atoms with Crippen molar-refractivity contribution in [3.05, 3.63) is 30.3 Å². The molecular weight excluding hydrogens is 184 g/mol.